The standard InChI is InChI=1S/C11H17ClN2/c1-3-9(4-2)8-14-10-5-6-13-11(12)7-10/h5-7,9H,3-4,8H2,1-2H3,(H,13,14). The molecule has 0 bridgehead atoms. The highest BCUT2D eigenvalue weighted by Crippen LogP contribution is 2.14. The Morgan fingerprint density at radius 3 is 2.71 bits per heavy atom. The molecule has 1 rings (SSSR count). The van der Waals surface area contributed by atoms with Gasteiger partial charge < -0.3 is 5.32 Å². The van der Waals surface area contributed by atoms with E-state index in [1.54, 1.807) is 6.20 Å². The van der Waals surface area contributed by atoms with E-state index < -0.39 is 0 Å². The fourth-order valence-corrected chi connectivity index (χ4v) is 1.53. The van der Waals surface area contributed by atoms with Crippen LogP contribution in [0.5, 0.6) is 0 Å². The van der Waals surface area contributed by atoms with Gasteiger partial charge in [0.1, 0.15) is 5.15 Å². The molecule has 0 amide bonds. The molecule has 0 spiro atoms. The lowest BCUT2D eigenvalue weighted by atomic mass is 10.0. The Balaban J connectivity index is 2.44. The van der Waals surface area contributed by atoms with Gasteiger partial charge in [0.2, 0.25) is 0 Å². The third-order valence-electron chi connectivity index (χ3n) is 2.48. The van der Waals surface area contributed by atoms with Gasteiger partial charge in [0.05, 0.1) is 0 Å². The second kappa shape index (κ2) is 5.86. The van der Waals surface area contributed by atoms with Crippen molar-refractivity contribution in [3.8, 4) is 0 Å². The van der Waals surface area contributed by atoms with E-state index in [1.165, 1.54) is 12.8 Å². The van der Waals surface area contributed by atoms with Crippen LogP contribution in [0.3, 0.4) is 0 Å². The van der Waals surface area contributed by atoms with Gasteiger partial charge in [0.25, 0.3) is 0 Å². The Labute approximate surface area is 90.7 Å². The fourth-order valence-electron chi connectivity index (χ4n) is 1.35. The Kier molecular flexibility index (Phi) is 4.74. The van der Waals surface area contributed by atoms with Crippen LogP contribution in [-0.4, -0.2) is 11.5 Å². The number of hydrogen-bond acceptors (Lipinski definition) is 2. The van der Waals surface area contributed by atoms with E-state index in [2.05, 4.69) is 24.1 Å². The van der Waals surface area contributed by atoms with Gasteiger partial charge >= 0.3 is 0 Å². The van der Waals surface area contributed by atoms with Crippen molar-refractivity contribution < 1.29 is 0 Å². The van der Waals surface area contributed by atoms with Gasteiger partial charge in [-0.05, 0) is 18.1 Å². The molecule has 1 N–H and O–H groups in total. The first-order valence-electron chi connectivity index (χ1n) is 5.11. The van der Waals surface area contributed by atoms with Crippen LogP contribution in [0.25, 0.3) is 0 Å². The summed E-state index contributed by atoms with van der Waals surface area (Å²) in [6, 6.07) is 3.79. The normalized spacial score (nSPS) is 10.6. The third-order valence-corrected chi connectivity index (χ3v) is 2.68. The lowest BCUT2D eigenvalue weighted by molar-refractivity contribution is 0.519. The molecule has 0 aliphatic rings. The van der Waals surface area contributed by atoms with Crippen LogP contribution in [0, 0.1) is 5.92 Å². The first-order chi connectivity index (χ1) is 6.76. The number of hydrogen-bond donors (Lipinski definition) is 1. The van der Waals surface area contributed by atoms with Crippen molar-refractivity contribution >= 4 is 17.3 Å². The maximum absolute atomic E-state index is 5.78. The summed E-state index contributed by atoms with van der Waals surface area (Å²) in [4.78, 5) is 3.93. The van der Waals surface area contributed by atoms with E-state index >= 15 is 0 Å². The second-order valence-corrected chi connectivity index (χ2v) is 3.82. The SMILES string of the molecule is CCC(CC)CNc1ccnc(Cl)c1. The molecule has 0 aliphatic carbocycles. The highest BCUT2D eigenvalue weighted by Gasteiger charge is 2.02. The Morgan fingerprint density at radius 1 is 1.43 bits per heavy atom. The van der Waals surface area contributed by atoms with Crippen LogP contribution in [0.2, 0.25) is 5.15 Å². The molecule has 0 atom stereocenters. The monoisotopic (exact) mass is 212 g/mol. The topological polar surface area (TPSA) is 24.9 Å². The quantitative estimate of drug-likeness (QED) is 0.755. The predicted octanol–water partition coefficient (Wildman–Crippen LogP) is 3.58. The summed E-state index contributed by atoms with van der Waals surface area (Å²) in [5, 5.41) is 3.90. The Morgan fingerprint density at radius 2 is 2.14 bits per heavy atom. The largest absolute Gasteiger partial charge is 0.385 e. The maximum Gasteiger partial charge on any atom is 0.131 e. The summed E-state index contributed by atoms with van der Waals surface area (Å²) >= 11 is 5.78. The summed E-state index contributed by atoms with van der Waals surface area (Å²) in [7, 11) is 0. The summed E-state index contributed by atoms with van der Waals surface area (Å²) in [5.41, 5.74) is 1.05. The Bertz CT molecular complexity index is 272. The highest BCUT2D eigenvalue weighted by molar-refractivity contribution is 6.29. The van der Waals surface area contributed by atoms with Gasteiger partial charge in [0, 0.05) is 18.4 Å². The van der Waals surface area contributed by atoms with Gasteiger partial charge in [-0.1, -0.05) is 38.3 Å². The average Bonchev–Trinajstić information content (AvgIpc) is 2.19. The van der Waals surface area contributed by atoms with Crippen LogP contribution in [0.4, 0.5) is 5.69 Å². The molecule has 1 aromatic rings. The molecule has 78 valence electrons. The summed E-state index contributed by atoms with van der Waals surface area (Å²) in [5.74, 6) is 0.738. The van der Waals surface area contributed by atoms with Crippen LogP contribution in [0.1, 0.15) is 26.7 Å². The minimum absolute atomic E-state index is 0.541. The molecule has 1 aromatic heterocycles. The highest BCUT2D eigenvalue weighted by atomic mass is 35.5. The van der Waals surface area contributed by atoms with Crippen LogP contribution < -0.4 is 5.32 Å². The van der Waals surface area contributed by atoms with Crippen molar-refractivity contribution in [2.24, 2.45) is 5.92 Å². The predicted molar refractivity (Wildman–Crippen MR) is 61.8 cm³/mol. The number of nitrogens with one attached hydrogen (secondary N) is 1. The van der Waals surface area contributed by atoms with Gasteiger partial charge in [-0.15, -0.1) is 0 Å². The van der Waals surface area contributed by atoms with Crippen molar-refractivity contribution in [3.63, 3.8) is 0 Å². The average molecular weight is 213 g/mol. The zero-order valence-electron chi connectivity index (χ0n) is 8.76. The molecule has 14 heavy (non-hydrogen) atoms. The number of aromatic nitrogens is 1. The van der Waals surface area contributed by atoms with Crippen molar-refractivity contribution in [1.29, 1.82) is 0 Å². The minimum Gasteiger partial charge on any atom is -0.385 e. The third kappa shape index (κ3) is 3.54. The first-order valence-corrected chi connectivity index (χ1v) is 5.49. The first kappa shape index (κ1) is 11.3. The lowest BCUT2D eigenvalue weighted by Crippen LogP contribution is -2.12. The van der Waals surface area contributed by atoms with Gasteiger partial charge in [-0.25, -0.2) is 4.98 Å². The smallest absolute Gasteiger partial charge is 0.131 e. The number of nitrogens with zero attached hydrogens (tertiary/aromatic N) is 1. The van der Waals surface area contributed by atoms with E-state index in [0.29, 0.717) is 5.15 Å². The fraction of sp³-hybridized carbons (Fsp3) is 0.545. The summed E-state index contributed by atoms with van der Waals surface area (Å²) < 4.78 is 0. The Hall–Kier alpha value is -0.760. The zero-order chi connectivity index (χ0) is 10.4. The molecule has 0 aliphatic heterocycles. The molecule has 0 radical (unpaired) electrons. The van der Waals surface area contributed by atoms with E-state index in [1.807, 2.05) is 12.1 Å². The van der Waals surface area contributed by atoms with E-state index in [0.717, 1.165) is 18.2 Å². The summed E-state index contributed by atoms with van der Waals surface area (Å²) in [6.45, 7) is 5.44. The van der Waals surface area contributed by atoms with E-state index in [9.17, 15) is 0 Å². The number of rotatable bonds is 5. The second-order valence-electron chi connectivity index (χ2n) is 3.43. The van der Waals surface area contributed by atoms with Gasteiger partial charge in [-0.3, -0.25) is 0 Å². The van der Waals surface area contributed by atoms with Crippen LogP contribution in [0.15, 0.2) is 18.3 Å². The van der Waals surface area contributed by atoms with Crippen LogP contribution in [-0.2, 0) is 0 Å². The van der Waals surface area contributed by atoms with Crippen molar-refractivity contribution in [1.82, 2.24) is 4.98 Å². The molecule has 0 fully saturated rings. The molecular formula is C11H17ClN2. The molecular weight excluding hydrogens is 196 g/mol. The number of anilines is 1. The molecule has 0 saturated heterocycles. The molecule has 3 heteroatoms. The van der Waals surface area contributed by atoms with E-state index in [-0.39, 0.29) is 0 Å². The molecule has 1 heterocycles. The number of pyridine rings is 1. The molecule has 0 saturated carbocycles. The summed E-state index contributed by atoms with van der Waals surface area (Å²) in [6.07, 6.45) is 4.14. The van der Waals surface area contributed by atoms with Crippen molar-refractivity contribution in [2.75, 3.05) is 11.9 Å². The van der Waals surface area contributed by atoms with Crippen molar-refractivity contribution in [3.05, 3.63) is 23.5 Å². The van der Waals surface area contributed by atoms with E-state index in [4.69, 9.17) is 11.6 Å². The van der Waals surface area contributed by atoms with Gasteiger partial charge in [0.15, 0.2) is 0 Å². The van der Waals surface area contributed by atoms with Crippen molar-refractivity contribution in [2.45, 2.75) is 26.7 Å². The zero-order valence-corrected chi connectivity index (χ0v) is 9.51. The molecule has 2 nitrogen and oxygen atoms in total. The number of halogens is 1. The molecule has 0 aromatic carbocycles. The lowest BCUT2D eigenvalue weighted by Gasteiger charge is -2.14. The maximum atomic E-state index is 5.78. The minimum atomic E-state index is 0.541. The molecule has 0 unspecified atom stereocenters. The van der Waals surface area contributed by atoms with Gasteiger partial charge in [-0.2, -0.15) is 0 Å². The van der Waals surface area contributed by atoms with Crippen LogP contribution >= 0.6 is 11.6 Å².